The topological polar surface area (TPSA) is 0 Å². The van der Waals surface area contributed by atoms with Gasteiger partial charge in [0, 0.05) is 9.92 Å². The fourth-order valence-corrected chi connectivity index (χ4v) is 2.29. The van der Waals surface area contributed by atoms with E-state index in [4.69, 9.17) is 46.4 Å². The van der Waals surface area contributed by atoms with Gasteiger partial charge in [-0.1, -0.05) is 58.2 Å². The van der Waals surface area contributed by atoms with Crippen molar-refractivity contribution in [3.63, 3.8) is 0 Å². The monoisotopic (exact) mass is 260 g/mol. The Kier molecular flexibility index (Phi) is 4.35. The molecule has 0 N–H and O–H groups in total. The van der Waals surface area contributed by atoms with E-state index in [0.717, 1.165) is 4.90 Å². The highest BCUT2D eigenvalue weighted by molar-refractivity contribution is 8.02. The number of rotatable bonds is 2. The number of hydrogen-bond acceptors (Lipinski definition) is 1. The highest BCUT2D eigenvalue weighted by Crippen LogP contribution is 2.34. The maximum atomic E-state index is 5.85. The Morgan fingerprint density at radius 2 is 1.83 bits per heavy atom. The van der Waals surface area contributed by atoms with Crippen molar-refractivity contribution in [3.8, 4) is 0 Å². The molecule has 0 radical (unpaired) electrons. The lowest BCUT2D eigenvalue weighted by atomic mass is 10.4. The van der Waals surface area contributed by atoms with E-state index in [-0.39, 0.29) is 0 Å². The highest BCUT2D eigenvalue weighted by atomic mass is 35.5. The van der Waals surface area contributed by atoms with Gasteiger partial charge in [-0.3, -0.25) is 0 Å². The van der Waals surface area contributed by atoms with Gasteiger partial charge in [0.05, 0.1) is 5.02 Å². The standard InChI is InChI=1S/C7H4Cl4S/c8-4-1-2-6(5(9)3-4)12-7(10)11/h1-3,7H. The van der Waals surface area contributed by atoms with Crippen LogP contribution in [-0.2, 0) is 0 Å². The summed E-state index contributed by atoms with van der Waals surface area (Å²) < 4.78 is -0.510. The minimum absolute atomic E-state index is 0.510. The first-order valence-electron chi connectivity index (χ1n) is 2.99. The first-order valence-corrected chi connectivity index (χ1v) is 5.50. The molecule has 0 unspecified atom stereocenters. The number of thioether (sulfide) groups is 1. The van der Waals surface area contributed by atoms with Gasteiger partial charge in [0.25, 0.3) is 0 Å². The molecule has 0 fully saturated rings. The Bertz CT molecular complexity index is 274. The van der Waals surface area contributed by atoms with Crippen LogP contribution in [0.2, 0.25) is 10.0 Å². The molecular formula is C7H4Cl4S. The molecule has 0 nitrogen and oxygen atoms in total. The van der Waals surface area contributed by atoms with Crippen LogP contribution in [0.4, 0.5) is 0 Å². The normalized spacial score (nSPS) is 10.8. The van der Waals surface area contributed by atoms with Gasteiger partial charge in [0.1, 0.15) is 0 Å². The number of hydrogen-bond donors (Lipinski definition) is 0. The molecule has 0 heterocycles. The fraction of sp³-hybridized carbons (Fsp3) is 0.143. The van der Waals surface area contributed by atoms with Crippen LogP contribution in [-0.4, -0.2) is 4.17 Å². The molecule has 0 atom stereocenters. The summed E-state index contributed by atoms with van der Waals surface area (Å²) in [5, 5.41) is 1.17. The Morgan fingerprint density at radius 3 is 2.33 bits per heavy atom. The summed E-state index contributed by atoms with van der Waals surface area (Å²) >= 11 is 23.9. The maximum Gasteiger partial charge on any atom is 0.157 e. The summed E-state index contributed by atoms with van der Waals surface area (Å²) in [6.07, 6.45) is 0. The zero-order valence-electron chi connectivity index (χ0n) is 5.73. The van der Waals surface area contributed by atoms with Crippen LogP contribution >= 0.6 is 58.2 Å². The van der Waals surface area contributed by atoms with Crippen molar-refractivity contribution in [1.29, 1.82) is 0 Å². The molecule has 0 saturated carbocycles. The second-order valence-electron chi connectivity index (χ2n) is 1.95. The predicted octanol–water partition coefficient (Wildman–Crippen LogP) is 4.85. The maximum absolute atomic E-state index is 5.85. The molecule has 12 heavy (non-hydrogen) atoms. The van der Waals surface area contributed by atoms with Crippen molar-refractivity contribution >= 4 is 58.2 Å². The van der Waals surface area contributed by atoms with Crippen molar-refractivity contribution in [2.75, 3.05) is 0 Å². The first kappa shape index (κ1) is 10.8. The van der Waals surface area contributed by atoms with Crippen LogP contribution in [0.3, 0.4) is 0 Å². The Hall–Kier alpha value is 0.730. The van der Waals surface area contributed by atoms with Gasteiger partial charge in [0.2, 0.25) is 0 Å². The van der Waals surface area contributed by atoms with E-state index >= 15 is 0 Å². The molecular weight excluding hydrogens is 258 g/mol. The zero-order valence-corrected chi connectivity index (χ0v) is 9.57. The number of alkyl halides is 2. The second-order valence-corrected chi connectivity index (χ2v) is 5.56. The summed E-state index contributed by atoms with van der Waals surface area (Å²) in [6.45, 7) is 0. The average molecular weight is 262 g/mol. The molecule has 1 aromatic carbocycles. The van der Waals surface area contributed by atoms with E-state index in [0.29, 0.717) is 10.0 Å². The first-order chi connectivity index (χ1) is 5.59. The molecule has 1 rings (SSSR count). The Labute approximate surface area is 95.1 Å². The Morgan fingerprint density at radius 1 is 1.17 bits per heavy atom. The van der Waals surface area contributed by atoms with E-state index < -0.39 is 4.17 Å². The lowest BCUT2D eigenvalue weighted by molar-refractivity contribution is 1.46. The highest BCUT2D eigenvalue weighted by Gasteiger charge is 2.06. The molecule has 0 aliphatic carbocycles. The lowest BCUT2D eigenvalue weighted by Gasteiger charge is -2.03. The third kappa shape index (κ3) is 3.23. The molecule has 0 bridgehead atoms. The molecule has 0 aliphatic rings. The van der Waals surface area contributed by atoms with Crippen molar-refractivity contribution in [3.05, 3.63) is 28.2 Å². The van der Waals surface area contributed by atoms with Crippen molar-refractivity contribution in [2.45, 2.75) is 9.06 Å². The molecule has 0 saturated heterocycles. The molecule has 66 valence electrons. The predicted molar refractivity (Wildman–Crippen MR) is 57.8 cm³/mol. The summed E-state index contributed by atoms with van der Waals surface area (Å²) in [5.74, 6) is 0. The van der Waals surface area contributed by atoms with Crippen LogP contribution in [0.5, 0.6) is 0 Å². The van der Waals surface area contributed by atoms with Gasteiger partial charge >= 0.3 is 0 Å². The number of halogens is 4. The lowest BCUT2D eigenvalue weighted by Crippen LogP contribution is -1.79. The largest absolute Gasteiger partial charge is 0.157 e. The SMILES string of the molecule is Clc1ccc(SC(Cl)Cl)c(Cl)c1. The minimum atomic E-state index is -0.510. The van der Waals surface area contributed by atoms with Gasteiger partial charge < -0.3 is 0 Å². The summed E-state index contributed by atoms with van der Waals surface area (Å²) in [6, 6.07) is 5.18. The quantitative estimate of drug-likeness (QED) is 0.542. The molecule has 0 spiro atoms. The third-order valence-corrected chi connectivity index (χ3v) is 3.09. The van der Waals surface area contributed by atoms with E-state index in [1.807, 2.05) is 0 Å². The summed E-state index contributed by atoms with van der Waals surface area (Å²) in [7, 11) is 0. The van der Waals surface area contributed by atoms with Crippen LogP contribution < -0.4 is 0 Å². The third-order valence-electron chi connectivity index (χ3n) is 1.11. The molecule has 5 heteroatoms. The van der Waals surface area contributed by atoms with Gasteiger partial charge in [-0.25, -0.2) is 0 Å². The minimum Gasteiger partial charge on any atom is -0.0928 e. The van der Waals surface area contributed by atoms with E-state index in [1.54, 1.807) is 18.2 Å². The Balaban J connectivity index is 2.86. The van der Waals surface area contributed by atoms with E-state index in [9.17, 15) is 0 Å². The van der Waals surface area contributed by atoms with Crippen LogP contribution in [0.1, 0.15) is 0 Å². The van der Waals surface area contributed by atoms with Crippen LogP contribution in [0.25, 0.3) is 0 Å². The summed E-state index contributed by atoms with van der Waals surface area (Å²) in [4.78, 5) is 0.830. The van der Waals surface area contributed by atoms with E-state index in [2.05, 4.69) is 0 Å². The van der Waals surface area contributed by atoms with Crippen LogP contribution in [0, 0.1) is 0 Å². The van der Waals surface area contributed by atoms with Crippen molar-refractivity contribution in [1.82, 2.24) is 0 Å². The average Bonchev–Trinajstić information content (AvgIpc) is 1.94. The van der Waals surface area contributed by atoms with Gasteiger partial charge in [0.15, 0.2) is 4.17 Å². The van der Waals surface area contributed by atoms with Gasteiger partial charge in [-0.2, -0.15) is 0 Å². The molecule has 1 aromatic rings. The fourth-order valence-electron chi connectivity index (χ4n) is 0.667. The molecule has 0 aliphatic heterocycles. The molecule has 0 amide bonds. The zero-order chi connectivity index (χ0) is 9.14. The molecule has 0 aromatic heterocycles. The number of benzene rings is 1. The summed E-state index contributed by atoms with van der Waals surface area (Å²) in [5.41, 5.74) is 0. The van der Waals surface area contributed by atoms with Crippen LogP contribution in [0.15, 0.2) is 23.1 Å². The smallest absolute Gasteiger partial charge is 0.0928 e. The van der Waals surface area contributed by atoms with Crippen molar-refractivity contribution < 1.29 is 0 Å². The van der Waals surface area contributed by atoms with E-state index in [1.165, 1.54) is 11.8 Å². The van der Waals surface area contributed by atoms with Crippen molar-refractivity contribution in [2.24, 2.45) is 0 Å². The van der Waals surface area contributed by atoms with Gasteiger partial charge in [-0.05, 0) is 18.2 Å². The second kappa shape index (κ2) is 4.83. The van der Waals surface area contributed by atoms with Gasteiger partial charge in [-0.15, -0.1) is 0 Å².